The lowest BCUT2D eigenvalue weighted by molar-refractivity contribution is 0.0240. The normalized spacial score (nSPS) is 14.2. The van der Waals surface area contributed by atoms with E-state index >= 15 is 0 Å². The highest BCUT2D eigenvalue weighted by Crippen LogP contribution is 2.28. The van der Waals surface area contributed by atoms with Crippen molar-refractivity contribution in [2.45, 2.75) is 40.2 Å². The van der Waals surface area contributed by atoms with Crippen molar-refractivity contribution in [3.63, 3.8) is 0 Å². The average molecular weight is 427 g/mol. The van der Waals surface area contributed by atoms with Crippen molar-refractivity contribution < 1.29 is 19.1 Å². The molecule has 2 heterocycles. The molecule has 2 aromatic rings. The smallest absolute Gasteiger partial charge is 0.417 e. The molecular formula is C23H30N4O4. The van der Waals surface area contributed by atoms with Crippen molar-refractivity contribution in [3.8, 4) is 5.75 Å². The maximum atomic E-state index is 12.4. The number of nitrogens with one attached hydrogen (secondary N) is 1. The number of ether oxygens (including phenoxy) is 2. The van der Waals surface area contributed by atoms with Crippen molar-refractivity contribution in [1.82, 2.24) is 9.88 Å². The predicted molar refractivity (Wildman–Crippen MR) is 120 cm³/mol. The predicted octanol–water partition coefficient (Wildman–Crippen LogP) is 4.37. The highest BCUT2D eigenvalue weighted by molar-refractivity contribution is 5.90. The van der Waals surface area contributed by atoms with Gasteiger partial charge in [-0.15, -0.1) is 0 Å². The van der Waals surface area contributed by atoms with E-state index in [0.29, 0.717) is 43.4 Å². The zero-order chi connectivity index (χ0) is 22.6. The first-order valence-electron chi connectivity index (χ1n) is 10.4. The molecule has 1 N–H and O–H groups in total. The number of benzene rings is 1. The number of para-hydroxylation sites is 1. The minimum absolute atomic E-state index is 0.315. The van der Waals surface area contributed by atoms with Gasteiger partial charge in [0.05, 0.1) is 5.69 Å². The van der Waals surface area contributed by atoms with E-state index in [1.807, 2.05) is 46.8 Å². The summed E-state index contributed by atoms with van der Waals surface area (Å²) in [7, 11) is 0. The number of aromatic nitrogens is 1. The lowest BCUT2D eigenvalue weighted by Crippen LogP contribution is -2.50. The summed E-state index contributed by atoms with van der Waals surface area (Å²) >= 11 is 0. The molecular weight excluding hydrogens is 396 g/mol. The van der Waals surface area contributed by atoms with Gasteiger partial charge in [-0.25, -0.2) is 14.6 Å². The van der Waals surface area contributed by atoms with E-state index in [2.05, 4.69) is 10.2 Å². The highest BCUT2D eigenvalue weighted by atomic mass is 16.6. The number of piperazine rings is 1. The van der Waals surface area contributed by atoms with E-state index < -0.39 is 11.7 Å². The second kappa shape index (κ2) is 9.24. The van der Waals surface area contributed by atoms with Crippen LogP contribution in [0.3, 0.4) is 0 Å². The van der Waals surface area contributed by atoms with E-state index in [1.165, 1.54) is 0 Å². The van der Waals surface area contributed by atoms with Gasteiger partial charge in [-0.3, -0.25) is 5.32 Å². The number of carbonyl (C=O) groups excluding carboxylic acids is 2. The van der Waals surface area contributed by atoms with Crippen LogP contribution < -0.4 is 15.0 Å². The monoisotopic (exact) mass is 426 g/mol. The summed E-state index contributed by atoms with van der Waals surface area (Å²) < 4.78 is 10.8. The van der Waals surface area contributed by atoms with Crippen LogP contribution >= 0.6 is 0 Å². The summed E-state index contributed by atoms with van der Waals surface area (Å²) in [6.07, 6.45) is -0.894. The standard InChI is InChI=1S/C23H30N4O4/c1-16-15-19(25-21(28)30-18-9-7-6-8-10-18)20(24-17(16)2)26-11-13-27(14-12-26)22(29)31-23(3,4)5/h6-10,15H,11-14H2,1-5H3,(H,25,28). The second-order valence-corrected chi connectivity index (χ2v) is 8.54. The van der Waals surface area contributed by atoms with Crippen LogP contribution in [0.4, 0.5) is 21.1 Å². The van der Waals surface area contributed by atoms with Gasteiger partial charge in [0.15, 0.2) is 5.82 Å². The molecule has 1 aliphatic rings. The van der Waals surface area contributed by atoms with Crippen LogP contribution in [0.15, 0.2) is 36.4 Å². The molecule has 3 rings (SSSR count). The van der Waals surface area contributed by atoms with E-state index in [1.54, 1.807) is 29.2 Å². The maximum Gasteiger partial charge on any atom is 0.417 e. The zero-order valence-corrected chi connectivity index (χ0v) is 18.8. The van der Waals surface area contributed by atoms with E-state index in [-0.39, 0.29) is 6.09 Å². The third-order valence-corrected chi connectivity index (χ3v) is 4.87. The van der Waals surface area contributed by atoms with Gasteiger partial charge in [-0.2, -0.15) is 0 Å². The summed E-state index contributed by atoms with van der Waals surface area (Å²) in [5.41, 5.74) is 1.90. The number of hydrogen-bond acceptors (Lipinski definition) is 6. The molecule has 0 radical (unpaired) electrons. The third kappa shape index (κ3) is 6.10. The summed E-state index contributed by atoms with van der Waals surface area (Å²) in [6, 6.07) is 10.8. The van der Waals surface area contributed by atoms with Crippen molar-refractivity contribution in [2.24, 2.45) is 0 Å². The van der Waals surface area contributed by atoms with Gasteiger partial charge in [-0.1, -0.05) is 18.2 Å². The molecule has 1 aromatic carbocycles. The number of nitrogens with zero attached hydrogens (tertiary/aromatic N) is 3. The van der Waals surface area contributed by atoms with Gasteiger partial charge in [0.1, 0.15) is 11.4 Å². The summed E-state index contributed by atoms with van der Waals surface area (Å²) in [5.74, 6) is 1.13. The van der Waals surface area contributed by atoms with Crippen LogP contribution in [0, 0.1) is 13.8 Å². The van der Waals surface area contributed by atoms with Crippen molar-refractivity contribution in [2.75, 3.05) is 36.4 Å². The summed E-state index contributed by atoms with van der Waals surface area (Å²) in [6.45, 7) is 11.6. The number of amides is 2. The minimum atomic E-state index is -0.579. The molecule has 0 aliphatic carbocycles. The van der Waals surface area contributed by atoms with Crippen LogP contribution in [0.2, 0.25) is 0 Å². The molecule has 0 unspecified atom stereocenters. The largest absolute Gasteiger partial charge is 0.444 e. The van der Waals surface area contributed by atoms with Gasteiger partial charge in [0.2, 0.25) is 0 Å². The molecule has 1 aromatic heterocycles. The Labute approximate surface area is 183 Å². The number of hydrogen-bond donors (Lipinski definition) is 1. The van der Waals surface area contributed by atoms with E-state index in [4.69, 9.17) is 14.5 Å². The Bertz CT molecular complexity index is 933. The van der Waals surface area contributed by atoms with Gasteiger partial charge >= 0.3 is 12.2 Å². The number of anilines is 2. The van der Waals surface area contributed by atoms with Crippen LogP contribution in [0.1, 0.15) is 32.0 Å². The van der Waals surface area contributed by atoms with Crippen molar-refractivity contribution in [3.05, 3.63) is 47.7 Å². The van der Waals surface area contributed by atoms with Crippen LogP contribution in [-0.4, -0.2) is 53.9 Å². The fourth-order valence-electron chi connectivity index (χ4n) is 3.18. The molecule has 0 saturated carbocycles. The lowest BCUT2D eigenvalue weighted by atomic mass is 10.2. The molecule has 0 bridgehead atoms. The van der Waals surface area contributed by atoms with Crippen molar-refractivity contribution >= 4 is 23.7 Å². The Balaban J connectivity index is 1.71. The van der Waals surface area contributed by atoms with Gasteiger partial charge in [-0.05, 0) is 58.4 Å². The fourth-order valence-corrected chi connectivity index (χ4v) is 3.18. The lowest BCUT2D eigenvalue weighted by Gasteiger charge is -2.37. The average Bonchev–Trinajstić information content (AvgIpc) is 2.70. The summed E-state index contributed by atoms with van der Waals surface area (Å²) in [5, 5.41) is 2.82. The molecule has 1 aliphatic heterocycles. The van der Waals surface area contributed by atoms with Crippen LogP contribution in [0.5, 0.6) is 5.75 Å². The van der Waals surface area contributed by atoms with E-state index in [0.717, 1.165) is 11.3 Å². The Kier molecular flexibility index (Phi) is 6.68. The molecule has 2 amide bonds. The number of aryl methyl sites for hydroxylation is 2. The molecule has 8 nitrogen and oxygen atoms in total. The van der Waals surface area contributed by atoms with Crippen molar-refractivity contribution in [1.29, 1.82) is 0 Å². The van der Waals surface area contributed by atoms with E-state index in [9.17, 15) is 9.59 Å². The quantitative estimate of drug-likeness (QED) is 0.785. The SMILES string of the molecule is Cc1cc(NC(=O)Oc2ccccc2)c(N2CCN(C(=O)OC(C)(C)C)CC2)nc1C. The van der Waals surface area contributed by atoms with Crippen LogP contribution in [0.25, 0.3) is 0 Å². The third-order valence-electron chi connectivity index (χ3n) is 4.87. The second-order valence-electron chi connectivity index (χ2n) is 8.54. The Morgan fingerprint density at radius 2 is 1.68 bits per heavy atom. The number of pyridine rings is 1. The molecule has 166 valence electrons. The van der Waals surface area contributed by atoms with Gasteiger partial charge < -0.3 is 19.3 Å². The van der Waals surface area contributed by atoms with Gasteiger partial charge in [0.25, 0.3) is 0 Å². The molecule has 1 saturated heterocycles. The molecule has 0 atom stereocenters. The topological polar surface area (TPSA) is 84.0 Å². The maximum absolute atomic E-state index is 12.4. The summed E-state index contributed by atoms with van der Waals surface area (Å²) in [4.78, 5) is 33.2. The Hall–Kier alpha value is -3.29. The Morgan fingerprint density at radius 1 is 1.03 bits per heavy atom. The minimum Gasteiger partial charge on any atom is -0.444 e. The molecule has 0 spiro atoms. The first kappa shape index (κ1) is 22.4. The first-order chi connectivity index (χ1) is 14.6. The fraction of sp³-hybridized carbons (Fsp3) is 0.435. The number of rotatable bonds is 3. The molecule has 31 heavy (non-hydrogen) atoms. The Morgan fingerprint density at radius 3 is 2.29 bits per heavy atom. The van der Waals surface area contributed by atoms with Gasteiger partial charge in [0, 0.05) is 31.9 Å². The molecule has 8 heteroatoms. The highest BCUT2D eigenvalue weighted by Gasteiger charge is 2.27. The first-order valence-corrected chi connectivity index (χ1v) is 10.4. The van der Waals surface area contributed by atoms with Crippen LogP contribution in [-0.2, 0) is 4.74 Å². The molecule has 1 fully saturated rings. The zero-order valence-electron chi connectivity index (χ0n) is 18.8. The number of carbonyl (C=O) groups is 2.